The number of carboxylic acid groups (broad SMARTS) is 1. The number of ether oxygens (including phenoxy) is 1. The number of piperidine rings is 1. The van der Waals surface area contributed by atoms with Crippen LogP contribution in [0.4, 0.5) is 0 Å². The molecule has 0 radical (unpaired) electrons. The summed E-state index contributed by atoms with van der Waals surface area (Å²) < 4.78 is 5.46. The molecule has 0 spiro atoms. The van der Waals surface area contributed by atoms with Crippen LogP contribution >= 0.6 is 0 Å². The molecule has 114 valence electrons. The van der Waals surface area contributed by atoms with Crippen LogP contribution in [0.3, 0.4) is 0 Å². The van der Waals surface area contributed by atoms with Crippen LogP contribution in [0.5, 0.6) is 0 Å². The summed E-state index contributed by atoms with van der Waals surface area (Å²) in [5.74, 6) is -1.06. The molecule has 3 aliphatic heterocycles. The van der Waals surface area contributed by atoms with Crippen molar-refractivity contribution in [3.05, 3.63) is 0 Å². The minimum absolute atomic E-state index is 0.0605. The molecule has 2 bridgehead atoms. The van der Waals surface area contributed by atoms with E-state index in [0.29, 0.717) is 31.3 Å². The van der Waals surface area contributed by atoms with Gasteiger partial charge in [0.25, 0.3) is 0 Å². The highest BCUT2D eigenvalue weighted by atomic mass is 16.5. The Hall–Kier alpha value is -0.650. The van der Waals surface area contributed by atoms with Gasteiger partial charge < -0.3 is 14.7 Å². The zero-order chi connectivity index (χ0) is 14.3. The molecular weight excluding hydrogens is 256 g/mol. The lowest BCUT2D eigenvalue weighted by molar-refractivity contribution is -0.143. The van der Waals surface area contributed by atoms with E-state index in [1.54, 1.807) is 0 Å². The Morgan fingerprint density at radius 2 is 1.95 bits per heavy atom. The van der Waals surface area contributed by atoms with Gasteiger partial charge in [0, 0.05) is 24.2 Å². The third kappa shape index (κ3) is 2.36. The molecule has 1 N–H and O–H groups in total. The Balaban J connectivity index is 1.72. The summed E-state index contributed by atoms with van der Waals surface area (Å²) in [6.07, 6.45) is 4.98. The van der Waals surface area contributed by atoms with Gasteiger partial charge in [-0.1, -0.05) is 6.92 Å². The van der Waals surface area contributed by atoms with Crippen molar-refractivity contribution in [1.29, 1.82) is 0 Å². The average molecular weight is 282 g/mol. The molecule has 4 atom stereocenters. The van der Waals surface area contributed by atoms with E-state index in [0.717, 1.165) is 6.54 Å². The number of likely N-dealkylation sites (N-methyl/N-ethyl adjacent to an activating group) is 1. The first-order valence-electron chi connectivity index (χ1n) is 7.90. The molecule has 4 unspecified atom stereocenters. The Morgan fingerprint density at radius 3 is 2.50 bits per heavy atom. The molecule has 3 fully saturated rings. The van der Waals surface area contributed by atoms with E-state index in [4.69, 9.17) is 4.74 Å². The van der Waals surface area contributed by atoms with Crippen LogP contribution < -0.4 is 0 Å². The van der Waals surface area contributed by atoms with Crippen LogP contribution in [-0.4, -0.2) is 71.8 Å². The second kappa shape index (κ2) is 5.62. The van der Waals surface area contributed by atoms with Crippen molar-refractivity contribution in [1.82, 2.24) is 9.80 Å². The average Bonchev–Trinajstić information content (AvgIpc) is 2.94. The summed E-state index contributed by atoms with van der Waals surface area (Å²) in [7, 11) is 2.24. The largest absolute Gasteiger partial charge is 0.481 e. The summed E-state index contributed by atoms with van der Waals surface area (Å²) in [5, 5.41) is 9.37. The first-order chi connectivity index (χ1) is 9.61. The first-order valence-corrected chi connectivity index (χ1v) is 7.90. The lowest BCUT2D eigenvalue weighted by Gasteiger charge is -2.44. The Bertz CT molecular complexity index is 362. The molecular formula is C15H26N2O3. The summed E-state index contributed by atoms with van der Waals surface area (Å²) in [5.41, 5.74) is 0. The van der Waals surface area contributed by atoms with Gasteiger partial charge in [-0.15, -0.1) is 0 Å². The predicted molar refractivity (Wildman–Crippen MR) is 75.7 cm³/mol. The fourth-order valence-corrected chi connectivity index (χ4v) is 4.52. The fourth-order valence-electron chi connectivity index (χ4n) is 4.52. The minimum Gasteiger partial charge on any atom is -0.481 e. The zero-order valence-corrected chi connectivity index (χ0v) is 12.5. The molecule has 3 aliphatic rings. The molecule has 0 aromatic heterocycles. The number of carbonyl (C=O) groups is 1. The van der Waals surface area contributed by atoms with Gasteiger partial charge in [0.2, 0.25) is 0 Å². The fraction of sp³-hybridized carbons (Fsp3) is 0.933. The lowest BCUT2D eigenvalue weighted by Crippen LogP contribution is -2.54. The van der Waals surface area contributed by atoms with Gasteiger partial charge in [0.05, 0.1) is 19.1 Å². The SMILES string of the molecule is CCN(C1CC2CCC(C1)N2C)C1COCC1C(=O)O. The van der Waals surface area contributed by atoms with Crippen molar-refractivity contribution in [2.24, 2.45) is 5.92 Å². The third-order valence-corrected chi connectivity index (χ3v) is 5.70. The molecule has 0 saturated carbocycles. The van der Waals surface area contributed by atoms with Gasteiger partial charge in [0.15, 0.2) is 0 Å². The van der Waals surface area contributed by atoms with Gasteiger partial charge in [-0.25, -0.2) is 0 Å². The highest BCUT2D eigenvalue weighted by Crippen LogP contribution is 2.37. The molecule has 20 heavy (non-hydrogen) atoms. The number of hydrogen-bond donors (Lipinski definition) is 1. The van der Waals surface area contributed by atoms with E-state index in [-0.39, 0.29) is 12.0 Å². The van der Waals surface area contributed by atoms with Crippen molar-refractivity contribution in [2.45, 2.75) is 56.8 Å². The molecule has 3 heterocycles. The molecule has 3 saturated heterocycles. The third-order valence-electron chi connectivity index (χ3n) is 5.70. The Kier molecular flexibility index (Phi) is 4.02. The van der Waals surface area contributed by atoms with Crippen molar-refractivity contribution in [3.8, 4) is 0 Å². The zero-order valence-electron chi connectivity index (χ0n) is 12.5. The summed E-state index contributed by atoms with van der Waals surface area (Å²) in [6, 6.07) is 1.98. The molecule has 5 nitrogen and oxygen atoms in total. The second-order valence-corrected chi connectivity index (χ2v) is 6.56. The summed E-state index contributed by atoms with van der Waals surface area (Å²) >= 11 is 0. The van der Waals surface area contributed by atoms with Gasteiger partial charge in [-0.3, -0.25) is 9.69 Å². The minimum atomic E-state index is -0.707. The van der Waals surface area contributed by atoms with Crippen LogP contribution in [0, 0.1) is 5.92 Å². The lowest BCUT2D eigenvalue weighted by atomic mass is 9.92. The monoisotopic (exact) mass is 282 g/mol. The smallest absolute Gasteiger partial charge is 0.310 e. The van der Waals surface area contributed by atoms with Crippen molar-refractivity contribution < 1.29 is 14.6 Å². The number of rotatable bonds is 4. The van der Waals surface area contributed by atoms with Crippen molar-refractivity contribution in [2.75, 3.05) is 26.8 Å². The maximum atomic E-state index is 11.4. The summed E-state index contributed by atoms with van der Waals surface area (Å²) in [4.78, 5) is 16.3. The number of nitrogens with zero attached hydrogens (tertiary/aromatic N) is 2. The normalized spacial score (nSPS) is 41.5. The first kappa shape index (κ1) is 14.3. The number of aliphatic carboxylic acids is 1. The van der Waals surface area contributed by atoms with Gasteiger partial charge in [-0.05, 0) is 39.3 Å². The molecule has 0 amide bonds. The Morgan fingerprint density at radius 1 is 1.30 bits per heavy atom. The number of carboxylic acids is 1. The number of hydrogen-bond acceptors (Lipinski definition) is 4. The van der Waals surface area contributed by atoms with E-state index < -0.39 is 5.97 Å². The topological polar surface area (TPSA) is 53.0 Å². The molecule has 0 aromatic carbocycles. The number of fused-ring (bicyclic) bond motifs is 2. The molecule has 0 aromatic rings. The van der Waals surface area contributed by atoms with Crippen molar-refractivity contribution >= 4 is 5.97 Å². The van der Waals surface area contributed by atoms with E-state index in [1.807, 2.05) is 0 Å². The molecule has 3 rings (SSSR count). The quantitative estimate of drug-likeness (QED) is 0.835. The van der Waals surface area contributed by atoms with E-state index in [9.17, 15) is 9.90 Å². The highest BCUT2D eigenvalue weighted by molar-refractivity contribution is 5.71. The molecule has 0 aliphatic carbocycles. The van der Waals surface area contributed by atoms with Crippen LogP contribution in [0.2, 0.25) is 0 Å². The maximum absolute atomic E-state index is 11.4. The van der Waals surface area contributed by atoms with E-state index in [1.165, 1.54) is 25.7 Å². The van der Waals surface area contributed by atoms with E-state index in [2.05, 4.69) is 23.8 Å². The van der Waals surface area contributed by atoms with Gasteiger partial charge >= 0.3 is 5.97 Å². The predicted octanol–water partition coefficient (Wildman–Crippen LogP) is 1.03. The highest BCUT2D eigenvalue weighted by Gasteiger charge is 2.45. The standard InChI is InChI=1S/C15H26N2O3/c1-3-17(14-9-20-8-13(14)15(18)19)12-6-10-4-5-11(7-12)16(10)2/h10-14H,3-9H2,1-2H3,(H,18,19). The van der Waals surface area contributed by atoms with Gasteiger partial charge in [-0.2, -0.15) is 0 Å². The van der Waals surface area contributed by atoms with Crippen LogP contribution in [0.15, 0.2) is 0 Å². The van der Waals surface area contributed by atoms with Gasteiger partial charge in [0.1, 0.15) is 0 Å². The van der Waals surface area contributed by atoms with Crippen molar-refractivity contribution in [3.63, 3.8) is 0 Å². The van der Waals surface area contributed by atoms with Crippen LogP contribution in [0.25, 0.3) is 0 Å². The van der Waals surface area contributed by atoms with Crippen LogP contribution in [0.1, 0.15) is 32.6 Å². The van der Waals surface area contributed by atoms with E-state index >= 15 is 0 Å². The van der Waals surface area contributed by atoms with Crippen LogP contribution in [-0.2, 0) is 9.53 Å². The second-order valence-electron chi connectivity index (χ2n) is 6.56. The maximum Gasteiger partial charge on any atom is 0.310 e. The molecule has 5 heteroatoms. The Labute approximate surface area is 120 Å². The summed E-state index contributed by atoms with van der Waals surface area (Å²) in [6.45, 7) is 4.02.